The van der Waals surface area contributed by atoms with Crippen LogP contribution in [0.3, 0.4) is 0 Å². The molecule has 0 aliphatic rings. The van der Waals surface area contributed by atoms with Gasteiger partial charge in [-0.15, -0.1) is 0 Å². The molecule has 0 aliphatic carbocycles. The first-order valence-corrected chi connectivity index (χ1v) is 10.5. The smallest absolute Gasteiger partial charge is 0.249 e. The Kier molecular flexibility index (Phi) is 4.93. The number of nitrogens with two attached hydrogens (primary N) is 1. The van der Waals surface area contributed by atoms with Crippen LogP contribution < -0.4 is 5.73 Å². The number of primary amides is 1. The summed E-state index contributed by atoms with van der Waals surface area (Å²) in [6, 6.07) is 28.6. The molecule has 0 saturated heterocycles. The van der Waals surface area contributed by atoms with Gasteiger partial charge in [0.25, 0.3) is 0 Å². The lowest BCUT2D eigenvalue weighted by atomic mass is 10.0. The normalized spacial score (nSPS) is 11.3. The number of halogens is 2. The Morgan fingerprint density at radius 3 is 2.23 bits per heavy atom. The molecule has 5 heteroatoms. The van der Waals surface area contributed by atoms with E-state index in [0.717, 1.165) is 38.5 Å². The van der Waals surface area contributed by atoms with E-state index in [1.165, 1.54) is 0 Å². The summed E-state index contributed by atoms with van der Waals surface area (Å²) in [7, 11) is 0. The zero-order chi connectivity index (χ0) is 21.5. The minimum atomic E-state index is -0.452. The van der Waals surface area contributed by atoms with Crippen molar-refractivity contribution in [2.24, 2.45) is 5.73 Å². The number of carbonyl (C=O) groups excluding carboxylic acids is 1. The Balaban J connectivity index is 1.78. The van der Waals surface area contributed by atoms with Crippen LogP contribution in [0, 0.1) is 6.07 Å². The minimum Gasteiger partial charge on any atom is -0.366 e. The molecule has 31 heavy (non-hydrogen) atoms. The van der Waals surface area contributed by atoms with Crippen molar-refractivity contribution >= 4 is 50.9 Å². The van der Waals surface area contributed by atoms with Crippen LogP contribution in [-0.2, 0) is 6.54 Å². The molecule has 1 amide bonds. The molecule has 0 saturated carbocycles. The monoisotopic (exact) mass is 443 g/mol. The van der Waals surface area contributed by atoms with E-state index in [2.05, 4.69) is 16.7 Å². The molecule has 3 nitrogen and oxygen atoms in total. The first-order valence-electron chi connectivity index (χ1n) is 9.78. The van der Waals surface area contributed by atoms with E-state index in [4.69, 9.17) is 28.9 Å². The highest BCUT2D eigenvalue weighted by atomic mass is 35.5. The van der Waals surface area contributed by atoms with Crippen LogP contribution in [-0.4, -0.2) is 10.5 Å². The van der Waals surface area contributed by atoms with Gasteiger partial charge in [0.1, 0.15) is 0 Å². The summed E-state index contributed by atoms with van der Waals surface area (Å²) in [5.74, 6) is -0.452. The lowest BCUT2D eigenvalue weighted by Gasteiger charge is -2.09. The number of nitrogens with zero attached hydrogens (tertiary/aromatic N) is 1. The van der Waals surface area contributed by atoms with E-state index >= 15 is 0 Å². The maximum Gasteiger partial charge on any atom is 0.249 e. The molecule has 5 rings (SSSR count). The van der Waals surface area contributed by atoms with E-state index in [1.807, 2.05) is 66.7 Å². The summed E-state index contributed by atoms with van der Waals surface area (Å²) in [6.07, 6.45) is 0. The summed E-state index contributed by atoms with van der Waals surface area (Å²) in [5.41, 5.74) is 11.3. The molecule has 0 aliphatic heterocycles. The molecule has 0 fully saturated rings. The van der Waals surface area contributed by atoms with Crippen molar-refractivity contribution in [3.63, 3.8) is 0 Å². The Hall–Kier alpha value is -3.27. The van der Waals surface area contributed by atoms with Crippen LogP contribution in [0.2, 0.25) is 10.0 Å². The van der Waals surface area contributed by atoms with Crippen molar-refractivity contribution in [1.82, 2.24) is 4.57 Å². The lowest BCUT2D eigenvalue weighted by molar-refractivity contribution is 0.100. The number of amides is 1. The van der Waals surface area contributed by atoms with E-state index < -0.39 is 5.91 Å². The Morgan fingerprint density at radius 1 is 0.871 bits per heavy atom. The molecule has 1 aromatic heterocycles. The van der Waals surface area contributed by atoms with Crippen LogP contribution in [0.1, 0.15) is 15.9 Å². The van der Waals surface area contributed by atoms with E-state index in [0.29, 0.717) is 22.2 Å². The summed E-state index contributed by atoms with van der Waals surface area (Å²) < 4.78 is 2.19. The summed E-state index contributed by atoms with van der Waals surface area (Å²) in [6.45, 7) is 0.622. The largest absolute Gasteiger partial charge is 0.366 e. The SMILES string of the molecule is NC(=O)c1cccc2c1c1[c]cc(-c3ccc(Cl)cc3)cc1n2Cc1ccc(Cl)cc1. The topological polar surface area (TPSA) is 48.0 Å². The second-order valence-corrected chi connectivity index (χ2v) is 8.30. The Bertz CT molecular complexity index is 1440. The molecule has 4 aromatic carbocycles. The second-order valence-electron chi connectivity index (χ2n) is 7.43. The third kappa shape index (κ3) is 3.56. The van der Waals surface area contributed by atoms with Crippen LogP contribution >= 0.6 is 23.2 Å². The molecule has 0 bridgehead atoms. The van der Waals surface area contributed by atoms with Gasteiger partial charge in [-0.25, -0.2) is 0 Å². The fraction of sp³-hybridized carbons (Fsp3) is 0.0385. The standard InChI is InChI=1S/C26H17Cl2N2O/c27-19-9-4-16(5-10-19)15-30-23-3-1-2-22(26(29)31)25(23)21-13-8-18(14-24(21)30)17-6-11-20(28)12-7-17/h1-12,14H,15H2,(H2,29,31). The van der Waals surface area contributed by atoms with Crippen molar-refractivity contribution in [3.05, 3.63) is 106 Å². The van der Waals surface area contributed by atoms with Gasteiger partial charge in [-0.3, -0.25) is 4.79 Å². The van der Waals surface area contributed by atoms with E-state index in [9.17, 15) is 4.79 Å². The number of benzene rings is 4. The molecule has 0 atom stereocenters. The number of hydrogen-bond donors (Lipinski definition) is 1. The molecule has 5 aromatic rings. The van der Waals surface area contributed by atoms with Crippen molar-refractivity contribution in [2.75, 3.05) is 0 Å². The maximum absolute atomic E-state index is 12.2. The number of carbonyl (C=O) groups is 1. The Labute approximate surface area is 189 Å². The summed E-state index contributed by atoms with van der Waals surface area (Å²) in [4.78, 5) is 12.2. The van der Waals surface area contributed by atoms with Gasteiger partial charge in [0.2, 0.25) is 5.91 Å². The molecule has 0 spiro atoms. The molecule has 1 heterocycles. The fourth-order valence-corrected chi connectivity index (χ4v) is 4.26. The summed E-state index contributed by atoms with van der Waals surface area (Å²) in [5, 5.41) is 3.08. The van der Waals surface area contributed by atoms with Crippen LogP contribution in [0.5, 0.6) is 0 Å². The van der Waals surface area contributed by atoms with Crippen molar-refractivity contribution < 1.29 is 4.79 Å². The van der Waals surface area contributed by atoms with E-state index in [1.54, 1.807) is 6.07 Å². The van der Waals surface area contributed by atoms with Gasteiger partial charge in [0, 0.05) is 32.9 Å². The van der Waals surface area contributed by atoms with E-state index in [-0.39, 0.29) is 0 Å². The molecule has 0 unspecified atom stereocenters. The number of aromatic nitrogens is 1. The molecule has 2 N–H and O–H groups in total. The quantitative estimate of drug-likeness (QED) is 0.329. The highest BCUT2D eigenvalue weighted by Crippen LogP contribution is 2.35. The predicted octanol–water partition coefficient (Wildman–Crippen LogP) is 6.72. The van der Waals surface area contributed by atoms with Crippen molar-refractivity contribution in [2.45, 2.75) is 6.54 Å². The zero-order valence-corrected chi connectivity index (χ0v) is 17.9. The fourth-order valence-electron chi connectivity index (χ4n) is 4.01. The van der Waals surface area contributed by atoms with Gasteiger partial charge in [-0.05, 0) is 71.3 Å². The van der Waals surface area contributed by atoms with Gasteiger partial charge in [0.15, 0.2) is 0 Å². The Morgan fingerprint density at radius 2 is 1.55 bits per heavy atom. The molecule has 151 valence electrons. The van der Waals surface area contributed by atoms with Gasteiger partial charge >= 0.3 is 0 Å². The average Bonchev–Trinajstić information content (AvgIpc) is 3.09. The third-order valence-electron chi connectivity index (χ3n) is 5.49. The van der Waals surface area contributed by atoms with Crippen molar-refractivity contribution in [1.29, 1.82) is 0 Å². The van der Waals surface area contributed by atoms with Gasteiger partial charge in [0.05, 0.1) is 11.0 Å². The summed E-state index contributed by atoms with van der Waals surface area (Å²) >= 11 is 12.1. The highest BCUT2D eigenvalue weighted by molar-refractivity contribution is 6.30. The van der Waals surface area contributed by atoms with Crippen molar-refractivity contribution in [3.8, 4) is 11.1 Å². The second kappa shape index (κ2) is 7.77. The molecular weight excluding hydrogens is 427 g/mol. The lowest BCUT2D eigenvalue weighted by Crippen LogP contribution is -2.11. The number of hydrogen-bond acceptors (Lipinski definition) is 1. The van der Waals surface area contributed by atoms with Crippen LogP contribution in [0.4, 0.5) is 0 Å². The van der Waals surface area contributed by atoms with Crippen LogP contribution in [0.25, 0.3) is 32.9 Å². The first kappa shape index (κ1) is 19.7. The average molecular weight is 444 g/mol. The molecular formula is C26H17Cl2N2O. The van der Waals surface area contributed by atoms with Crippen LogP contribution in [0.15, 0.2) is 78.9 Å². The van der Waals surface area contributed by atoms with Gasteiger partial charge < -0.3 is 10.3 Å². The van der Waals surface area contributed by atoms with Gasteiger partial charge in [-0.1, -0.05) is 53.5 Å². The first-order chi connectivity index (χ1) is 15.0. The zero-order valence-electron chi connectivity index (χ0n) is 16.4. The number of fused-ring (bicyclic) bond motifs is 3. The maximum atomic E-state index is 12.2. The van der Waals surface area contributed by atoms with Gasteiger partial charge in [-0.2, -0.15) is 0 Å². The predicted molar refractivity (Wildman–Crippen MR) is 128 cm³/mol. The molecule has 1 radical (unpaired) electrons. The number of rotatable bonds is 4. The highest BCUT2D eigenvalue weighted by Gasteiger charge is 2.17. The minimum absolute atomic E-state index is 0.452. The third-order valence-corrected chi connectivity index (χ3v) is 6.00.